The predicted molar refractivity (Wildman–Crippen MR) is 71.6 cm³/mol. The van der Waals surface area contributed by atoms with Gasteiger partial charge in [-0.05, 0) is 36.3 Å². The second-order valence-corrected chi connectivity index (χ2v) is 4.43. The molecule has 0 amide bonds. The highest BCUT2D eigenvalue weighted by Gasteiger charge is 2.30. The number of hydrogen-bond donors (Lipinski definition) is 0. The van der Waals surface area contributed by atoms with Crippen molar-refractivity contribution >= 4 is 11.9 Å². The van der Waals surface area contributed by atoms with Gasteiger partial charge in [0.1, 0.15) is 5.83 Å². The summed E-state index contributed by atoms with van der Waals surface area (Å²) in [5, 5.41) is 0. The van der Waals surface area contributed by atoms with Crippen LogP contribution in [0.3, 0.4) is 0 Å². The third-order valence-corrected chi connectivity index (χ3v) is 2.94. The van der Waals surface area contributed by atoms with Gasteiger partial charge in [-0.3, -0.25) is 0 Å². The molecule has 0 bridgehead atoms. The third kappa shape index (κ3) is 3.26. The minimum absolute atomic E-state index is 0.0805. The quantitative estimate of drug-likeness (QED) is 0.504. The molecular formula is C16H12F4. The van der Waals surface area contributed by atoms with Gasteiger partial charge in [0.25, 0.3) is 0 Å². The van der Waals surface area contributed by atoms with Crippen LogP contribution in [0.2, 0.25) is 0 Å². The molecule has 0 heterocycles. The lowest BCUT2D eigenvalue weighted by atomic mass is 10.0. The van der Waals surface area contributed by atoms with E-state index in [0.29, 0.717) is 5.56 Å². The fourth-order valence-electron chi connectivity index (χ4n) is 1.81. The molecule has 0 atom stereocenters. The molecule has 0 nitrogen and oxygen atoms in total. The van der Waals surface area contributed by atoms with E-state index in [0.717, 1.165) is 17.7 Å². The normalized spacial score (nSPS) is 12.6. The van der Waals surface area contributed by atoms with Crippen LogP contribution in [0, 0.1) is 6.92 Å². The van der Waals surface area contributed by atoms with Gasteiger partial charge in [-0.25, -0.2) is 4.39 Å². The minimum Gasteiger partial charge on any atom is -0.206 e. The van der Waals surface area contributed by atoms with Crippen LogP contribution in [0.4, 0.5) is 17.6 Å². The molecule has 0 aliphatic rings. The fourth-order valence-corrected chi connectivity index (χ4v) is 1.81. The summed E-state index contributed by atoms with van der Waals surface area (Å²) in [7, 11) is 0. The summed E-state index contributed by atoms with van der Waals surface area (Å²) in [6.07, 6.45) is -3.23. The second-order valence-electron chi connectivity index (χ2n) is 4.43. The number of rotatable bonds is 2. The molecule has 0 saturated heterocycles. The average Bonchev–Trinajstić information content (AvgIpc) is 2.40. The molecule has 0 N–H and O–H groups in total. The van der Waals surface area contributed by atoms with Gasteiger partial charge in [0.05, 0.1) is 5.56 Å². The Hall–Kier alpha value is -2.10. The van der Waals surface area contributed by atoms with E-state index in [1.807, 2.05) is 19.1 Å². The SMILES string of the molecule is Cc1ccccc1C=C(F)c1cccc(C(F)(F)F)c1. The van der Waals surface area contributed by atoms with E-state index in [4.69, 9.17) is 0 Å². The van der Waals surface area contributed by atoms with E-state index < -0.39 is 17.6 Å². The number of benzene rings is 2. The van der Waals surface area contributed by atoms with Crippen molar-refractivity contribution in [2.45, 2.75) is 13.1 Å². The Balaban J connectivity index is 2.39. The number of hydrogen-bond acceptors (Lipinski definition) is 0. The van der Waals surface area contributed by atoms with Crippen LogP contribution in [0.25, 0.3) is 11.9 Å². The molecule has 2 aromatic rings. The van der Waals surface area contributed by atoms with Gasteiger partial charge in [-0.1, -0.05) is 36.4 Å². The summed E-state index contributed by atoms with van der Waals surface area (Å²) in [5.41, 5.74) is 0.559. The zero-order valence-electron chi connectivity index (χ0n) is 10.7. The maximum atomic E-state index is 14.1. The van der Waals surface area contributed by atoms with Crippen molar-refractivity contribution < 1.29 is 17.6 Å². The van der Waals surface area contributed by atoms with Crippen LogP contribution in [0.1, 0.15) is 22.3 Å². The van der Waals surface area contributed by atoms with Crippen LogP contribution in [-0.2, 0) is 6.18 Å². The fraction of sp³-hybridized carbons (Fsp3) is 0.125. The summed E-state index contributed by atoms with van der Waals surface area (Å²) in [6, 6.07) is 11.3. The first-order valence-electron chi connectivity index (χ1n) is 5.98. The van der Waals surface area contributed by atoms with E-state index in [9.17, 15) is 17.6 Å². The molecule has 0 aliphatic heterocycles. The Morgan fingerprint density at radius 1 is 1.00 bits per heavy atom. The lowest BCUT2D eigenvalue weighted by Crippen LogP contribution is -2.04. The molecule has 0 saturated carbocycles. The van der Waals surface area contributed by atoms with Crippen molar-refractivity contribution in [3.05, 3.63) is 70.8 Å². The van der Waals surface area contributed by atoms with Crippen LogP contribution >= 0.6 is 0 Å². The molecule has 0 radical (unpaired) electrons. The van der Waals surface area contributed by atoms with Gasteiger partial charge in [0.15, 0.2) is 0 Å². The highest BCUT2D eigenvalue weighted by atomic mass is 19.4. The zero-order chi connectivity index (χ0) is 14.8. The lowest BCUT2D eigenvalue weighted by Gasteiger charge is -2.08. The molecule has 0 fully saturated rings. The maximum absolute atomic E-state index is 14.1. The standard InChI is InChI=1S/C16H12F4/c1-11-5-2-3-6-12(11)10-15(17)13-7-4-8-14(9-13)16(18,19)20/h2-10H,1H3. The van der Waals surface area contributed by atoms with E-state index in [-0.39, 0.29) is 5.56 Å². The van der Waals surface area contributed by atoms with Gasteiger partial charge in [-0.15, -0.1) is 0 Å². The summed E-state index contributed by atoms with van der Waals surface area (Å²) in [6.45, 7) is 1.81. The van der Waals surface area contributed by atoms with Crippen LogP contribution in [-0.4, -0.2) is 0 Å². The molecular weight excluding hydrogens is 268 g/mol. The Kier molecular flexibility index (Phi) is 3.93. The Labute approximate surface area is 114 Å². The molecule has 104 valence electrons. The molecule has 0 aliphatic carbocycles. The van der Waals surface area contributed by atoms with Crippen LogP contribution in [0.15, 0.2) is 48.5 Å². The summed E-state index contributed by atoms with van der Waals surface area (Å²) < 4.78 is 51.8. The molecule has 4 heteroatoms. The first-order valence-corrected chi connectivity index (χ1v) is 5.98. The molecule has 0 spiro atoms. The van der Waals surface area contributed by atoms with Crippen molar-refractivity contribution in [3.63, 3.8) is 0 Å². The van der Waals surface area contributed by atoms with E-state index >= 15 is 0 Å². The molecule has 0 unspecified atom stereocenters. The largest absolute Gasteiger partial charge is 0.416 e. The lowest BCUT2D eigenvalue weighted by molar-refractivity contribution is -0.137. The van der Waals surface area contributed by atoms with E-state index in [1.54, 1.807) is 12.1 Å². The Morgan fingerprint density at radius 3 is 2.35 bits per heavy atom. The summed E-state index contributed by atoms with van der Waals surface area (Å²) in [5.74, 6) is -0.689. The number of halogens is 4. The maximum Gasteiger partial charge on any atom is 0.416 e. The van der Waals surface area contributed by atoms with Crippen molar-refractivity contribution in [1.29, 1.82) is 0 Å². The predicted octanol–water partition coefficient (Wildman–Crippen LogP) is 5.48. The number of alkyl halides is 3. The highest BCUT2D eigenvalue weighted by Crippen LogP contribution is 2.31. The molecule has 2 rings (SSSR count). The second kappa shape index (κ2) is 5.49. The summed E-state index contributed by atoms with van der Waals surface area (Å²) >= 11 is 0. The Bertz CT molecular complexity index is 639. The first kappa shape index (κ1) is 14.3. The minimum atomic E-state index is -4.47. The van der Waals surface area contributed by atoms with Gasteiger partial charge < -0.3 is 0 Å². The van der Waals surface area contributed by atoms with Crippen molar-refractivity contribution in [2.24, 2.45) is 0 Å². The van der Waals surface area contributed by atoms with Gasteiger partial charge >= 0.3 is 6.18 Å². The zero-order valence-corrected chi connectivity index (χ0v) is 10.7. The Morgan fingerprint density at radius 2 is 1.70 bits per heavy atom. The van der Waals surface area contributed by atoms with Crippen LogP contribution < -0.4 is 0 Å². The van der Waals surface area contributed by atoms with Crippen LogP contribution in [0.5, 0.6) is 0 Å². The highest BCUT2D eigenvalue weighted by molar-refractivity contribution is 5.78. The third-order valence-electron chi connectivity index (χ3n) is 2.94. The van der Waals surface area contributed by atoms with Crippen molar-refractivity contribution in [3.8, 4) is 0 Å². The van der Waals surface area contributed by atoms with E-state index in [1.165, 1.54) is 18.2 Å². The van der Waals surface area contributed by atoms with Gasteiger partial charge in [-0.2, -0.15) is 13.2 Å². The molecule has 0 aromatic heterocycles. The van der Waals surface area contributed by atoms with Crippen molar-refractivity contribution in [1.82, 2.24) is 0 Å². The number of aryl methyl sites for hydroxylation is 1. The molecule has 20 heavy (non-hydrogen) atoms. The van der Waals surface area contributed by atoms with Gasteiger partial charge in [0.2, 0.25) is 0 Å². The monoisotopic (exact) mass is 280 g/mol. The van der Waals surface area contributed by atoms with E-state index in [2.05, 4.69) is 0 Å². The molecule has 2 aromatic carbocycles. The topological polar surface area (TPSA) is 0 Å². The average molecular weight is 280 g/mol. The first-order chi connectivity index (χ1) is 9.38. The van der Waals surface area contributed by atoms with Crippen molar-refractivity contribution in [2.75, 3.05) is 0 Å². The smallest absolute Gasteiger partial charge is 0.206 e. The van der Waals surface area contributed by atoms with Gasteiger partial charge in [0, 0.05) is 5.56 Å². The summed E-state index contributed by atoms with van der Waals surface area (Å²) in [4.78, 5) is 0.